The van der Waals surface area contributed by atoms with Crippen molar-refractivity contribution in [1.29, 1.82) is 0 Å². The van der Waals surface area contributed by atoms with Crippen molar-refractivity contribution in [2.24, 2.45) is 0 Å². The average molecular weight is 454 g/mol. The zero-order valence-corrected chi connectivity index (χ0v) is 18.9. The predicted octanol–water partition coefficient (Wildman–Crippen LogP) is 4.06. The van der Waals surface area contributed by atoms with Crippen molar-refractivity contribution in [2.45, 2.75) is 38.6 Å². The summed E-state index contributed by atoms with van der Waals surface area (Å²) in [7, 11) is 0. The maximum atomic E-state index is 13.7. The lowest BCUT2D eigenvalue weighted by atomic mass is 10.2. The van der Waals surface area contributed by atoms with Gasteiger partial charge in [-0.25, -0.2) is 9.07 Å². The molecule has 1 aliphatic carbocycles. The minimum atomic E-state index is -0.198. The van der Waals surface area contributed by atoms with E-state index in [0.29, 0.717) is 43.8 Å². The molecule has 8 heteroatoms. The molecule has 0 atom stereocenters. The summed E-state index contributed by atoms with van der Waals surface area (Å²) in [6, 6.07) is 17.7. The highest BCUT2D eigenvalue weighted by Gasteiger charge is 2.30. The smallest absolute Gasteiger partial charge is 0.226 e. The van der Waals surface area contributed by atoms with Crippen LogP contribution < -0.4 is 4.90 Å². The van der Waals surface area contributed by atoms with Gasteiger partial charge in [0.2, 0.25) is 10.7 Å². The molecule has 0 spiro atoms. The van der Waals surface area contributed by atoms with Gasteiger partial charge in [0, 0.05) is 25.7 Å². The van der Waals surface area contributed by atoms with Gasteiger partial charge in [0.1, 0.15) is 5.82 Å². The molecule has 168 valence electrons. The van der Waals surface area contributed by atoms with Crippen LogP contribution >= 0.6 is 12.2 Å². The highest BCUT2D eigenvalue weighted by Crippen LogP contribution is 2.29. The van der Waals surface area contributed by atoms with Crippen molar-refractivity contribution in [3.8, 4) is 0 Å². The first-order valence-corrected chi connectivity index (χ1v) is 11.6. The molecular weight excluding hydrogens is 425 g/mol. The van der Waals surface area contributed by atoms with E-state index in [-0.39, 0.29) is 5.82 Å². The summed E-state index contributed by atoms with van der Waals surface area (Å²) in [5, 5.41) is 4.97. The van der Waals surface area contributed by atoms with Crippen LogP contribution in [0.4, 0.5) is 10.3 Å². The lowest BCUT2D eigenvalue weighted by Gasteiger charge is -2.27. The average Bonchev–Trinajstić information content (AvgIpc) is 3.62. The third kappa shape index (κ3) is 4.92. The van der Waals surface area contributed by atoms with Crippen LogP contribution in [0.1, 0.15) is 24.0 Å². The van der Waals surface area contributed by atoms with Gasteiger partial charge in [-0.05, 0) is 48.3 Å². The second kappa shape index (κ2) is 9.52. The van der Waals surface area contributed by atoms with E-state index in [2.05, 4.69) is 26.5 Å². The lowest BCUT2D eigenvalue weighted by molar-refractivity contribution is 0.121. The summed E-state index contributed by atoms with van der Waals surface area (Å²) < 4.78 is 24.0. The van der Waals surface area contributed by atoms with E-state index in [0.717, 1.165) is 37.4 Å². The largest absolute Gasteiger partial charge is 0.378 e. The Labute approximate surface area is 192 Å². The normalized spacial score (nSPS) is 16.6. The Balaban J connectivity index is 1.44. The molecule has 0 bridgehead atoms. The molecule has 2 fully saturated rings. The van der Waals surface area contributed by atoms with Crippen LogP contribution in [0.15, 0.2) is 54.6 Å². The number of hydrogen-bond acceptors (Lipinski definition) is 5. The first-order valence-electron chi connectivity index (χ1n) is 11.2. The number of hydrogen-bond donors (Lipinski definition) is 0. The number of ether oxygens (including phenoxy) is 1. The Bertz CT molecular complexity index is 1110. The standard InChI is InChI=1S/C24H28FN5OS/c25-21-8-4-7-20(15-21)16-28(22-9-10-22)18-30-24(32)29(17-19-5-2-1-3-6-19)23(26-30)27-11-13-31-14-12-27/h1-8,15,22H,9-14,16-18H2. The number of morpholine rings is 1. The van der Waals surface area contributed by atoms with E-state index in [1.54, 1.807) is 12.1 Å². The van der Waals surface area contributed by atoms with Crippen LogP contribution in [0, 0.1) is 10.6 Å². The fraction of sp³-hybridized carbons (Fsp3) is 0.417. The van der Waals surface area contributed by atoms with Crippen LogP contribution in [0.3, 0.4) is 0 Å². The quantitative estimate of drug-likeness (QED) is 0.481. The molecule has 1 saturated carbocycles. The number of benzene rings is 2. The summed E-state index contributed by atoms with van der Waals surface area (Å²) in [4.78, 5) is 4.61. The molecule has 2 aromatic carbocycles. The second-order valence-electron chi connectivity index (χ2n) is 8.50. The Morgan fingerprint density at radius 3 is 2.50 bits per heavy atom. The molecule has 0 radical (unpaired) electrons. The first kappa shape index (κ1) is 21.3. The minimum absolute atomic E-state index is 0.198. The summed E-state index contributed by atoms with van der Waals surface area (Å²) in [6.07, 6.45) is 2.31. The molecule has 5 rings (SSSR count). The summed E-state index contributed by atoms with van der Waals surface area (Å²) in [6.45, 7) is 4.95. The van der Waals surface area contributed by atoms with Crippen LogP contribution in [0.2, 0.25) is 0 Å². The number of aromatic nitrogens is 3. The van der Waals surface area contributed by atoms with Crippen molar-refractivity contribution in [3.05, 3.63) is 76.3 Å². The fourth-order valence-electron chi connectivity index (χ4n) is 4.20. The fourth-order valence-corrected chi connectivity index (χ4v) is 4.44. The predicted molar refractivity (Wildman–Crippen MR) is 125 cm³/mol. The van der Waals surface area contributed by atoms with Gasteiger partial charge in [0.25, 0.3) is 0 Å². The number of halogens is 1. The Morgan fingerprint density at radius 2 is 1.78 bits per heavy atom. The molecule has 1 aliphatic heterocycles. The maximum absolute atomic E-state index is 13.7. The number of anilines is 1. The molecule has 0 unspecified atom stereocenters. The SMILES string of the molecule is Fc1cccc(CN(Cn2nc(N3CCOCC3)n(Cc3ccccc3)c2=S)C2CC2)c1. The molecule has 32 heavy (non-hydrogen) atoms. The van der Waals surface area contributed by atoms with E-state index in [1.807, 2.05) is 28.9 Å². The van der Waals surface area contributed by atoms with E-state index in [9.17, 15) is 4.39 Å². The first-order chi connectivity index (χ1) is 15.7. The molecule has 6 nitrogen and oxygen atoms in total. The van der Waals surface area contributed by atoms with Gasteiger partial charge in [-0.2, -0.15) is 0 Å². The molecule has 1 aromatic heterocycles. The Morgan fingerprint density at radius 1 is 1.03 bits per heavy atom. The highest BCUT2D eigenvalue weighted by molar-refractivity contribution is 7.71. The van der Waals surface area contributed by atoms with Crippen molar-refractivity contribution < 1.29 is 9.13 Å². The van der Waals surface area contributed by atoms with Crippen molar-refractivity contribution in [2.75, 3.05) is 31.2 Å². The van der Waals surface area contributed by atoms with Gasteiger partial charge in [-0.15, -0.1) is 5.10 Å². The van der Waals surface area contributed by atoms with Crippen LogP contribution in [-0.4, -0.2) is 51.6 Å². The van der Waals surface area contributed by atoms with E-state index >= 15 is 0 Å². The lowest BCUT2D eigenvalue weighted by Crippen LogP contribution is -2.38. The highest BCUT2D eigenvalue weighted by atomic mass is 32.1. The van der Waals surface area contributed by atoms with Crippen LogP contribution in [0.5, 0.6) is 0 Å². The van der Waals surface area contributed by atoms with E-state index < -0.39 is 0 Å². The van der Waals surface area contributed by atoms with Crippen molar-refractivity contribution in [1.82, 2.24) is 19.2 Å². The van der Waals surface area contributed by atoms with Gasteiger partial charge in [-0.1, -0.05) is 42.5 Å². The van der Waals surface area contributed by atoms with Crippen molar-refractivity contribution >= 4 is 18.2 Å². The summed E-state index contributed by atoms with van der Waals surface area (Å²) >= 11 is 5.91. The van der Waals surface area contributed by atoms with Crippen LogP contribution in [-0.2, 0) is 24.5 Å². The molecular formula is C24H28FN5OS. The van der Waals surface area contributed by atoms with Crippen molar-refractivity contribution in [3.63, 3.8) is 0 Å². The number of rotatable bonds is 8. The Hall–Kier alpha value is -2.55. The molecule has 0 N–H and O–H groups in total. The van der Waals surface area contributed by atoms with Gasteiger partial charge < -0.3 is 9.64 Å². The Kier molecular flexibility index (Phi) is 6.34. The summed E-state index contributed by atoms with van der Waals surface area (Å²) in [5.41, 5.74) is 2.16. The zero-order valence-electron chi connectivity index (χ0n) is 18.1. The molecule has 2 heterocycles. The third-order valence-corrected chi connectivity index (χ3v) is 6.47. The molecule has 1 saturated heterocycles. The second-order valence-corrected chi connectivity index (χ2v) is 8.87. The van der Waals surface area contributed by atoms with Gasteiger partial charge in [0.05, 0.1) is 26.4 Å². The monoisotopic (exact) mass is 453 g/mol. The van der Waals surface area contributed by atoms with Gasteiger partial charge in [-0.3, -0.25) is 9.47 Å². The van der Waals surface area contributed by atoms with Gasteiger partial charge in [0.15, 0.2) is 0 Å². The third-order valence-electron chi connectivity index (χ3n) is 6.03. The van der Waals surface area contributed by atoms with E-state index in [1.165, 1.54) is 11.6 Å². The summed E-state index contributed by atoms with van der Waals surface area (Å²) in [5.74, 6) is 0.695. The minimum Gasteiger partial charge on any atom is -0.378 e. The number of nitrogens with zero attached hydrogens (tertiary/aromatic N) is 5. The van der Waals surface area contributed by atoms with Crippen LogP contribution in [0.25, 0.3) is 0 Å². The zero-order chi connectivity index (χ0) is 21.9. The molecule has 2 aliphatic rings. The maximum Gasteiger partial charge on any atom is 0.226 e. The molecule has 3 aromatic rings. The topological polar surface area (TPSA) is 38.5 Å². The molecule has 0 amide bonds. The van der Waals surface area contributed by atoms with Gasteiger partial charge >= 0.3 is 0 Å². The van der Waals surface area contributed by atoms with E-state index in [4.69, 9.17) is 22.1 Å².